The zero-order valence-corrected chi connectivity index (χ0v) is 15.9. The summed E-state index contributed by atoms with van der Waals surface area (Å²) in [5.74, 6) is 0.441. The van der Waals surface area contributed by atoms with Crippen molar-refractivity contribution in [1.82, 2.24) is 5.32 Å². The van der Waals surface area contributed by atoms with E-state index in [0.717, 1.165) is 30.9 Å². The van der Waals surface area contributed by atoms with Gasteiger partial charge in [0.05, 0.1) is 12.6 Å². The molecular formula is C21H25N3O4. The Morgan fingerprint density at radius 1 is 1.07 bits per heavy atom. The number of ether oxygens (including phenoxy) is 2. The average molecular weight is 383 g/mol. The van der Waals surface area contributed by atoms with Gasteiger partial charge in [-0.25, -0.2) is 0 Å². The number of amides is 2. The van der Waals surface area contributed by atoms with E-state index in [1.54, 1.807) is 31.3 Å². The first-order chi connectivity index (χ1) is 13.6. The number of rotatable bonds is 8. The van der Waals surface area contributed by atoms with Gasteiger partial charge in [-0.1, -0.05) is 0 Å². The maximum Gasteiger partial charge on any atom is 0.251 e. The lowest BCUT2D eigenvalue weighted by Gasteiger charge is -2.12. The molecule has 1 aliphatic rings. The molecule has 0 radical (unpaired) electrons. The first-order valence-corrected chi connectivity index (χ1v) is 9.34. The van der Waals surface area contributed by atoms with Crippen LogP contribution in [0.2, 0.25) is 0 Å². The third-order valence-electron chi connectivity index (χ3n) is 4.43. The van der Waals surface area contributed by atoms with Gasteiger partial charge >= 0.3 is 0 Å². The number of carbonyl (C=O) groups is 2. The smallest absolute Gasteiger partial charge is 0.251 e. The highest BCUT2D eigenvalue weighted by Crippen LogP contribution is 2.18. The highest BCUT2D eigenvalue weighted by Gasteiger charge is 2.15. The minimum absolute atomic E-state index is 0.132. The molecule has 0 saturated carbocycles. The molecule has 0 bridgehead atoms. The number of hydrogen-bond acceptors (Lipinski definition) is 5. The molecule has 0 aliphatic carbocycles. The summed E-state index contributed by atoms with van der Waals surface area (Å²) < 4.78 is 11.3. The summed E-state index contributed by atoms with van der Waals surface area (Å²) in [4.78, 5) is 23.6. The average Bonchev–Trinajstić information content (AvgIpc) is 3.25. The summed E-state index contributed by atoms with van der Waals surface area (Å²) in [5, 5.41) is 8.41. The maximum atomic E-state index is 12.1. The fourth-order valence-electron chi connectivity index (χ4n) is 2.87. The molecule has 0 spiro atoms. The SMILES string of the molecule is CNC(=O)c1ccc(NC(=O)CNc2ccc(OCC3CCCO3)cc2)cc1. The van der Waals surface area contributed by atoms with E-state index in [2.05, 4.69) is 16.0 Å². The van der Waals surface area contributed by atoms with Crippen molar-refractivity contribution in [2.45, 2.75) is 18.9 Å². The molecule has 1 aliphatic heterocycles. The molecule has 7 heteroatoms. The molecule has 2 aromatic rings. The zero-order valence-electron chi connectivity index (χ0n) is 15.9. The third kappa shape index (κ3) is 5.72. The largest absolute Gasteiger partial charge is 0.491 e. The lowest BCUT2D eigenvalue weighted by Crippen LogP contribution is -2.22. The van der Waals surface area contributed by atoms with E-state index in [1.807, 2.05) is 24.3 Å². The van der Waals surface area contributed by atoms with Crippen LogP contribution in [0.1, 0.15) is 23.2 Å². The lowest BCUT2D eigenvalue weighted by atomic mass is 10.2. The molecule has 1 saturated heterocycles. The van der Waals surface area contributed by atoms with Gasteiger partial charge in [0.25, 0.3) is 5.91 Å². The van der Waals surface area contributed by atoms with Crippen molar-refractivity contribution in [2.24, 2.45) is 0 Å². The predicted molar refractivity (Wildman–Crippen MR) is 108 cm³/mol. The van der Waals surface area contributed by atoms with E-state index < -0.39 is 0 Å². The Balaban J connectivity index is 1.41. The molecule has 148 valence electrons. The van der Waals surface area contributed by atoms with Gasteiger partial charge in [-0.2, -0.15) is 0 Å². The van der Waals surface area contributed by atoms with E-state index in [4.69, 9.17) is 9.47 Å². The standard InChI is InChI=1S/C21H25N3O4/c1-22-21(26)15-4-6-17(7-5-15)24-20(25)13-23-16-8-10-18(11-9-16)28-14-19-3-2-12-27-19/h4-11,19,23H,2-3,12-14H2,1H3,(H,22,26)(H,24,25). The van der Waals surface area contributed by atoms with E-state index in [-0.39, 0.29) is 24.5 Å². The van der Waals surface area contributed by atoms with Crippen LogP contribution in [0.15, 0.2) is 48.5 Å². The fraction of sp³-hybridized carbons (Fsp3) is 0.333. The van der Waals surface area contributed by atoms with Gasteiger partial charge in [-0.15, -0.1) is 0 Å². The quantitative estimate of drug-likeness (QED) is 0.652. The fourth-order valence-corrected chi connectivity index (χ4v) is 2.87. The van der Waals surface area contributed by atoms with Crippen molar-refractivity contribution in [2.75, 3.05) is 37.4 Å². The molecule has 2 amide bonds. The van der Waals surface area contributed by atoms with Gasteiger partial charge in [-0.3, -0.25) is 9.59 Å². The number of carbonyl (C=O) groups excluding carboxylic acids is 2. The molecular weight excluding hydrogens is 358 g/mol. The Morgan fingerprint density at radius 2 is 1.79 bits per heavy atom. The Hall–Kier alpha value is -3.06. The summed E-state index contributed by atoms with van der Waals surface area (Å²) in [6.07, 6.45) is 2.33. The van der Waals surface area contributed by atoms with E-state index in [9.17, 15) is 9.59 Å². The van der Waals surface area contributed by atoms with Gasteiger partial charge in [0.1, 0.15) is 12.4 Å². The number of nitrogens with one attached hydrogen (secondary N) is 3. The van der Waals surface area contributed by atoms with Crippen LogP contribution in [-0.4, -0.2) is 44.7 Å². The molecule has 2 aromatic carbocycles. The molecule has 3 rings (SSSR count). The van der Waals surface area contributed by atoms with Crippen molar-refractivity contribution in [3.63, 3.8) is 0 Å². The Bertz CT molecular complexity index is 784. The first kappa shape index (κ1) is 19.7. The van der Waals surface area contributed by atoms with Gasteiger partial charge in [0, 0.05) is 30.6 Å². The minimum Gasteiger partial charge on any atom is -0.491 e. The minimum atomic E-state index is -0.175. The number of benzene rings is 2. The third-order valence-corrected chi connectivity index (χ3v) is 4.43. The van der Waals surface area contributed by atoms with Crippen molar-refractivity contribution in [3.05, 3.63) is 54.1 Å². The van der Waals surface area contributed by atoms with Crippen molar-refractivity contribution in [3.8, 4) is 5.75 Å². The van der Waals surface area contributed by atoms with Crippen molar-refractivity contribution in [1.29, 1.82) is 0 Å². The molecule has 28 heavy (non-hydrogen) atoms. The van der Waals surface area contributed by atoms with Crippen LogP contribution in [0.25, 0.3) is 0 Å². The van der Waals surface area contributed by atoms with Crippen LogP contribution in [0, 0.1) is 0 Å². The van der Waals surface area contributed by atoms with Crippen LogP contribution in [0.5, 0.6) is 5.75 Å². The molecule has 0 aromatic heterocycles. The molecule has 3 N–H and O–H groups in total. The van der Waals surface area contributed by atoms with Crippen LogP contribution in [0.3, 0.4) is 0 Å². The summed E-state index contributed by atoms with van der Waals surface area (Å²) in [6.45, 7) is 1.51. The highest BCUT2D eigenvalue weighted by molar-refractivity contribution is 5.96. The summed E-state index contributed by atoms with van der Waals surface area (Å²) in [5.41, 5.74) is 2.01. The van der Waals surface area contributed by atoms with Crippen molar-refractivity contribution >= 4 is 23.2 Å². The van der Waals surface area contributed by atoms with Crippen LogP contribution < -0.4 is 20.7 Å². The Morgan fingerprint density at radius 3 is 2.43 bits per heavy atom. The van der Waals surface area contributed by atoms with Crippen LogP contribution in [0.4, 0.5) is 11.4 Å². The maximum absolute atomic E-state index is 12.1. The van der Waals surface area contributed by atoms with Gasteiger partial charge in [0.15, 0.2) is 0 Å². The molecule has 1 heterocycles. The molecule has 7 nitrogen and oxygen atoms in total. The Labute approximate surface area is 164 Å². The summed E-state index contributed by atoms with van der Waals surface area (Å²) in [7, 11) is 1.58. The van der Waals surface area contributed by atoms with E-state index >= 15 is 0 Å². The first-order valence-electron chi connectivity index (χ1n) is 9.34. The monoisotopic (exact) mass is 383 g/mol. The molecule has 1 unspecified atom stereocenters. The van der Waals surface area contributed by atoms with Gasteiger partial charge in [-0.05, 0) is 61.4 Å². The Kier molecular flexibility index (Phi) is 6.86. The second-order valence-electron chi connectivity index (χ2n) is 6.53. The van der Waals surface area contributed by atoms with Crippen LogP contribution >= 0.6 is 0 Å². The number of hydrogen-bond donors (Lipinski definition) is 3. The van der Waals surface area contributed by atoms with E-state index in [1.165, 1.54) is 0 Å². The van der Waals surface area contributed by atoms with Crippen LogP contribution in [-0.2, 0) is 9.53 Å². The predicted octanol–water partition coefficient (Wildman–Crippen LogP) is 2.65. The lowest BCUT2D eigenvalue weighted by molar-refractivity contribution is -0.114. The molecule has 1 fully saturated rings. The number of anilines is 2. The topological polar surface area (TPSA) is 88.7 Å². The van der Waals surface area contributed by atoms with Crippen molar-refractivity contribution < 1.29 is 19.1 Å². The second kappa shape index (κ2) is 9.75. The highest BCUT2D eigenvalue weighted by atomic mass is 16.5. The van der Waals surface area contributed by atoms with E-state index in [0.29, 0.717) is 17.9 Å². The zero-order chi connectivity index (χ0) is 19.8. The molecule has 1 atom stereocenters. The normalized spacial score (nSPS) is 15.7. The van der Waals surface area contributed by atoms with Gasteiger partial charge < -0.3 is 25.4 Å². The summed E-state index contributed by atoms with van der Waals surface area (Å²) >= 11 is 0. The van der Waals surface area contributed by atoms with Gasteiger partial charge in [0.2, 0.25) is 5.91 Å². The second-order valence-corrected chi connectivity index (χ2v) is 6.53. The summed E-state index contributed by atoms with van der Waals surface area (Å²) in [6, 6.07) is 14.2.